The van der Waals surface area contributed by atoms with Gasteiger partial charge in [-0.15, -0.1) is 0 Å². The number of hydrogen-bond donors (Lipinski definition) is 2. The van der Waals surface area contributed by atoms with Gasteiger partial charge in [-0.2, -0.15) is 5.10 Å². The van der Waals surface area contributed by atoms with Crippen LogP contribution in [-0.4, -0.2) is 39.7 Å². The zero-order valence-corrected chi connectivity index (χ0v) is 21.7. The molecule has 0 unspecified atom stereocenters. The SMILES string of the molecule is CC.CN(C)C(=O)C1(c2cc(-c3ccc(NSc4ccccc4)cc3)c3c(N)nn(C)c3n2)CC1. The van der Waals surface area contributed by atoms with Crippen molar-refractivity contribution in [2.75, 3.05) is 24.6 Å². The van der Waals surface area contributed by atoms with Crippen molar-refractivity contribution >= 4 is 40.4 Å². The fourth-order valence-corrected chi connectivity index (χ4v) is 4.87. The molecule has 0 bridgehead atoms. The molecule has 3 N–H and O–H groups in total. The molecular weight excluding hydrogens is 456 g/mol. The third-order valence-corrected chi connectivity index (χ3v) is 6.95. The lowest BCUT2D eigenvalue weighted by molar-refractivity contribution is -0.131. The summed E-state index contributed by atoms with van der Waals surface area (Å²) in [6.45, 7) is 4.00. The van der Waals surface area contributed by atoms with Crippen molar-refractivity contribution < 1.29 is 4.79 Å². The van der Waals surface area contributed by atoms with Crippen molar-refractivity contribution in [2.45, 2.75) is 37.0 Å². The van der Waals surface area contributed by atoms with Gasteiger partial charge in [0.1, 0.15) is 0 Å². The Labute approximate surface area is 210 Å². The summed E-state index contributed by atoms with van der Waals surface area (Å²) in [5, 5.41) is 5.22. The summed E-state index contributed by atoms with van der Waals surface area (Å²) >= 11 is 1.57. The van der Waals surface area contributed by atoms with Crippen molar-refractivity contribution in [3.8, 4) is 11.1 Å². The number of likely N-dealkylation sites (N-methyl/N-ethyl adjacent to an activating group) is 1. The number of carbonyl (C=O) groups excluding carboxylic acids is 1. The Morgan fingerprint density at radius 1 is 1.09 bits per heavy atom. The number of hydrogen-bond acceptors (Lipinski definition) is 6. The van der Waals surface area contributed by atoms with Gasteiger partial charge in [-0.05, 0) is 66.2 Å². The number of nitrogens with one attached hydrogen (secondary N) is 1. The third kappa shape index (κ3) is 4.71. The van der Waals surface area contributed by atoms with E-state index in [1.165, 1.54) is 0 Å². The van der Waals surface area contributed by atoms with Crippen LogP contribution in [0, 0.1) is 0 Å². The van der Waals surface area contributed by atoms with Gasteiger partial charge < -0.3 is 15.4 Å². The highest BCUT2D eigenvalue weighted by Gasteiger charge is 2.53. The van der Waals surface area contributed by atoms with Crippen molar-refractivity contribution in [3.63, 3.8) is 0 Å². The molecule has 2 heterocycles. The predicted molar refractivity (Wildman–Crippen MR) is 145 cm³/mol. The maximum atomic E-state index is 13.0. The molecule has 1 saturated carbocycles. The summed E-state index contributed by atoms with van der Waals surface area (Å²) < 4.78 is 5.07. The molecule has 35 heavy (non-hydrogen) atoms. The molecule has 2 aromatic heterocycles. The highest BCUT2D eigenvalue weighted by Crippen LogP contribution is 2.50. The molecule has 1 aliphatic rings. The van der Waals surface area contributed by atoms with Crippen LogP contribution in [0.25, 0.3) is 22.2 Å². The van der Waals surface area contributed by atoms with Crippen LogP contribution in [0.5, 0.6) is 0 Å². The molecule has 0 radical (unpaired) electrons. The van der Waals surface area contributed by atoms with Gasteiger partial charge in [0.25, 0.3) is 0 Å². The van der Waals surface area contributed by atoms with Gasteiger partial charge in [0, 0.05) is 31.7 Å². The molecule has 0 aliphatic heterocycles. The number of aryl methyl sites for hydroxylation is 1. The third-order valence-electron chi connectivity index (χ3n) is 6.10. The van der Waals surface area contributed by atoms with E-state index in [4.69, 9.17) is 10.7 Å². The minimum absolute atomic E-state index is 0.0907. The second kappa shape index (κ2) is 10.00. The first kappa shape index (κ1) is 24.6. The van der Waals surface area contributed by atoms with Crippen molar-refractivity contribution in [3.05, 3.63) is 66.4 Å². The second-order valence-electron chi connectivity index (χ2n) is 8.64. The number of pyridine rings is 1. The molecule has 4 aromatic rings. The number of nitrogen functional groups attached to an aromatic ring is 1. The van der Waals surface area contributed by atoms with Gasteiger partial charge >= 0.3 is 0 Å². The first-order valence-corrected chi connectivity index (χ1v) is 12.6. The van der Waals surface area contributed by atoms with Crippen LogP contribution in [0.2, 0.25) is 0 Å². The summed E-state index contributed by atoms with van der Waals surface area (Å²) in [6, 6.07) is 20.4. The molecule has 7 nitrogen and oxygen atoms in total. The van der Waals surface area contributed by atoms with Gasteiger partial charge in [-0.1, -0.05) is 44.2 Å². The summed E-state index contributed by atoms with van der Waals surface area (Å²) in [4.78, 5) is 20.6. The van der Waals surface area contributed by atoms with Crippen LogP contribution in [0.3, 0.4) is 0 Å². The lowest BCUT2D eigenvalue weighted by atomic mass is 9.94. The number of amides is 1. The van der Waals surface area contributed by atoms with Crippen LogP contribution in [-0.2, 0) is 17.3 Å². The van der Waals surface area contributed by atoms with Gasteiger partial charge in [-0.25, -0.2) is 9.67 Å². The predicted octanol–water partition coefficient (Wildman–Crippen LogP) is 5.48. The van der Waals surface area contributed by atoms with Crippen molar-refractivity contribution in [1.29, 1.82) is 0 Å². The highest BCUT2D eigenvalue weighted by molar-refractivity contribution is 8.00. The Kier molecular flexibility index (Phi) is 7.03. The van der Waals surface area contributed by atoms with Gasteiger partial charge in [0.2, 0.25) is 5.91 Å². The molecule has 1 amide bonds. The van der Waals surface area contributed by atoms with E-state index in [-0.39, 0.29) is 5.91 Å². The van der Waals surface area contributed by atoms with E-state index in [2.05, 4.69) is 34.1 Å². The lowest BCUT2D eigenvalue weighted by Crippen LogP contribution is -2.34. The zero-order valence-electron chi connectivity index (χ0n) is 20.9. The Bertz CT molecular complexity index is 1330. The number of carbonyl (C=O) groups is 1. The average molecular weight is 489 g/mol. The van der Waals surface area contributed by atoms with Crippen molar-refractivity contribution in [2.24, 2.45) is 7.05 Å². The van der Waals surface area contributed by atoms with Crippen LogP contribution in [0.4, 0.5) is 11.5 Å². The average Bonchev–Trinajstić information content (AvgIpc) is 3.65. The highest BCUT2D eigenvalue weighted by atomic mass is 32.2. The fraction of sp³-hybridized carbons (Fsp3) is 0.296. The van der Waals surface area contributed by atoms with Crippen LogP contribution >= 0.6 is 11.9 Å². The minimum Gasteiger partial charge on any atom is -0.382 e. The lowest BCUT2D eigenvalue weighted by Gasteiger charge is -2.20. The molecule has 0 spiro atoms. The van der Waals surface area contributed by atoms with Crippen LogP contribution in [0.1, 0.15) is 32.4 Å². The first-order valence-electron chi connectivity index (χ1n) is 11.8. The van der Waals surface area contributed by atoms with Crippen LogP contribution < -0.4 is 10.5 Å². The molecule has 1 fully saturated rings. The van der Waals surface area contributed by atoms with E-state index < -0.39 is 5.41 Å². The van der Waals surface area contributed by atoms with E-state index >= 15 is 0 Å². The van der Waals surface area contributed by atoms with Crippen molar-refractivity contribution in [1.82, 2.24) is 19.7 Å². The molecule has 5 rings (SSSR count). The molecule has 0 saturated heterocycles. The maximum absolute atomic E-state index is 13.0. The Balaban J connectivity index is 0.00000141. The standard InChI is InChI=1S/C25H26N6OS.C2H6/c1-30(2)24(32)25(13-14-25)20-15-19(21-22(26)28-31(3)23(21)27-20)16-9-11-17(12-10-16)29-33-18-7-5-4-6-8-18;1-2/h4-12,15,29H,13-14H2,1-3H3,(H2,26,28);1-2H3. The second-order valence-corrected chi connectivity index (χ2v) is 9.52. The van der Waals surface area contributed by atoms with Gasteiger partial charge in [0.05, 0.1) is 16.5 Å². The van der Waals surface area contributed by atoms with Gasteiger partial charge in [0.15, 0.2) is 11.5 Å². The Morgan fingerprint density at radius 3 is 2.34 bits per heavy atom. The number of fused-ring (bicyclic) bond motifs is 1. The fourth-order valence-electron chi connectivity index (χ4n) is 4.21. The molecule has 8 heteroatoms. The smallest absolute Gasteiger partial charge is 0.234 e. The number of nitrogens with zero attached hydrogens (tertiary/aromatic N) is 4. The molecule has 1 aliphatic carbocycles. The molecule has 0 atom stereocenters. The van der Waals surface area contributed by atoms with Gasteiger partial charge in [-0.3, -0.25) is 4.79 Å². The molecule has 182 valence electrons. The van der Waals surface area contributed by atoms with E-state index in [0.717, 1.165) is 45.6 Å². The summed E-state index contributed by atoms with van der Waals surface area (Å²) in [5.41, 5.74) is 10.2. The number of aromatic nitrogens is 3. The summed E-state index contributed by atoms with van der Waals surface area (Å²) in [5.74, 6) is 0.528. The number of benzene rings is 2. The van der Waals surface area contributed by atoms with E-state index in [0.29, 0.717) is 11.5 Å². The first-order chi connectivity index (χ1) is 16.9. The minimum atomic E-state index is -0.556. The summed E-state index contributed by atoms with van der Waals surface area (Å²) in [7, 11) is 5.42. The zero-order chi connectivity index (χ0) is 25.2. The molecule has 2 aromatic carbocycles. The summed E-state index contributed by atoms with van der Waals surface area (Å²) in [6.07, 6.45) is 1.60. The maximum Gasteiger partial charge on any atom is 0.234 e. The normalized spacial score (nSPS) is 13.6. The van der Waals surface area contributed by atoms with E-state index in [9.17, 15) is 4.79 Å². The van der Waals surface area contributed by atoms with E-state index in [1.807, 2.05) is 57.3 Å². The monoisotopic (exact) mass is 488 g/mol. The van der Waals surface area contributed by atoms with Crippen LogP contribution in [0.15, 0.2) is 65.6 Å². The van der Waals surface area contributed by atoms with E-state index in [1.54, 1.807) is 35.6 Å². The number of anilines is 2. The quantitative estimate of drug-likeness (QED) is 0.349. The largest absolute Gasteiger partial charge is 0.382 e. The Morgan fingerprint density at radius 2 is 1.74 bits per heavy atom. The molecular formula is C27H32N6OS. The topological polar surface area (TPSA) is 89.1 Å². The number of rotatable bonds is 6. The Hall–Kier alpha value is -3.52. The number of nitrogens with two attached hydrogens (primary N) is 1.